The number of alkyl halides is 3. The van der Waals surface area contributed by atoms with Gasteiger partial charge in [0.15, 0.2) is 0 Å². The molecule has 2 heterocycles. The molecular formula is C18H21ClF3N3O3. The van der Waals surface area contributed by atoms with E-state index in [9.17, 15) is 22.8 Å². The minimum absolute atomic E-state index is 0.151. The largest absolute Gasteiger partial charge is 0.419 e. The van der Waals surface area contributed by atoms with Crippen LogP contribution in [0.2, 0.25) is 5.15 Å². The van der Waals surface area contributed by atoms with Gasteiger partial charge >= 0.3 is 6.18 Å². The summed E-state index contributed by atoms with van der Waals surface area (Å²) in [5.41, 5.74) is 1.87. The molecule has 1 aliphatic rings. The second kappa shape index (κ2) is 8.91. The maximum atomic E-state index is 12.7. The molecule has 0 atom stereocenters. The van der Waals surface area contributed by atoms with Gasteiger partial charge in [0.1, 0.15) is 11.0 Å². The summed E-state index contributed by atoms with van der Waals surface area (Å²) in [4.78, 5) is 28.4. The van der Waals surface area contributed by atoms with Crippen LogP contribution in [0, 0.1) is 5.92 Å². The van der Waals surface area contributed by atoms with Crippen LogP contribution in [-0.4, -0.2) is 35.0 Å². The van der Waals surface area contributed by atoms with Crippen LogP contribution in [0.1, 0.15) is 39.2 Å². The Morgan fingerprint density at radius 1 is 1.21 bits per heavy atom. The molecule has 6 nitrogen and oxygen atoms in total. The first-order valence-electron chi connectivity index (χ1n) is 8.69. The minimum atomic E-state index is -4.65. The molecule has 154 valence electrons. The number of aromatic nitrogens is 1. The van der Waals surface area contributed by atoms with Gasteiger partial charge in [-0.3, -0.25) is 15.0 Å². The van der Waals surface area contributed by atoms with E-state index in [0.29, 0.717) is 23.1 Å². The van der Waals surface area contributed by atoms with Gasteiger partial charge in [-0.15, -0.1) is 0 Å². The average Bonchev–Trinajstić information content (AvgIpc) is 2.77. The Kier molecular flexibility index (Phi) is 7.06. The zero-order chi connectivity index (χ0) is 21.1. The monoisotopic (exact) mass is 419 g/mol. The second-order valence-electron chi connectivity index (χ2n) is 6.74. The highest BCUT2D eigenvalue weighted by molar-refractivity contribution is 6.30. The molecule has 1 aliphatic heterocycles. The molecule has 0 aromatic carbocycles. The number of carbonyl (C=O) groups is 2. The van der Waals surface area contributed by atoms with E-state index in [0.717, 1.165) is 18.6 Å². The lowest BCUT2D eigenvalue weighted by Gasteiger charge is -2.18. The molecule has 0 fully saturated rings. The van der Waals surface area contributed by atoms with Gasteiger partial charge in [0.2, 0.25) is 0 Å². The molecule has 1 aromatic heterocycles. The third-order valence-corrected chi connectivity index (χ3v) is 4.44. The van der Waals surface area contributed by atoms with Crippen molar-refractivity contribution in [2.45, 2.75) is 39.8 Å². The lowest BCUT2D eigenvalue weighted by Crippen LogP contribution is -2.37. The Labute approximate surface area is 165 Å². The second-order valence-corrected chi connectivity index (χ2v) is 7.10. The Morgan fingerprint density at radius 3 is 2.46 bits per heavy atom. The van der Waals surface area contributed by atoms with E-state index in [1.807, 2.05) is 0 Å². The van der Waals surface area contributed by atoms with Crippen LogP contribution in [-0.2, 0) is 20.5 Å². The van der Waals surface area contributed by atoms with Gasteiger partial charge in [-0.1, -0.05) is 25.4 Å². The van der Waals surface area contributed by atoms with Crippen LogP contribution in [0.5, 0.6) is 0 Å². The Balaban J connectivity index is 2.02. The highest BCUT2D eigenvalue weighted by Gasteiger charge is 2.37. The summed E-state index contributed by atoms with van der Waals surface area (Å²) < 4.78 is 43.7. The number of nitrogens with zero attached hydrogens (tertiary/aromatic N) is 2. The number of rotatable bonds is 8. The Hall–Kier alpha value is -2.13. The van der Waals surface area contributed by atoms with Crippen LogP contribution in [0.25, 0.3) is 0 Å². The predicted molar refractivity (Wildman–Crippen MR) is 97.3 cm³/mol. The Morgan fingerprint density at radius 2 is 1.89 bits per heavy atom. The normalized spacial score (nSPS) is 15.2. The maximum absolute atomic E-state index is 12.7. The number of anilines is 1. The summed E-state index contributed by atoms with van der Waals surface area (Å²) in [6.45, 7) is 6.50. The van der Waals surface area contributed by atoms with E-state index in [1.54, 1.807) is 0 Å². The number of hydrazine groups is 1. The Bertz CT molecular complexity index is 794. The van der Waals surface area contributed by atoms with Gasteiger partial charge < -0.3 is 4.74 Å². The predicted octanol–water partition coefficient (Wildman–Crippen LogP) is 4.22. The molecule has 1 aromatic rings. The first-order valence-corrected chi connectivity index (χ1v) is 9.06. The van der Waals surface area contributed by atoms with Crippen molar-refractivity contribution in [1.82, 2.24) is 9.99 Å². The van der Waals surface area contributed by atoms with E-state index in [1.165, 1.54) is 6.92 Å². The topological polar surface area (TPSA) is 71.5 Å². The zero-order valence-electron chi connectivity index (χ0n) is 15.7. The number of imide groups is 1. The smallest absolute Gasteiger partial charge is 0.381 e. The molecule has 2 rings (SSSR count). The SMILES string of the molecule is CC1=C(CCOCCC(C)C)C(=O)N(Nc2ccc(C(F)(F)F)c(Cl)n2)C1=O. The number of pyridine rings is 1. The van der Waals surface area contributed by atoms with Crippen LogP contribution < -0.4 is 5.43 Å². The fraction of sp³-hybridized carbons (Fsp3) is 0.500. The van der Waals surface area contributed by atoms with Crippen molar-refractivity contribution >= 4 is 29.2 Å². The lowest BCUT2D eigenvalue weighted by atomic mass is 10.1. The molecule has 0 saturated carbocycles. The molecule has 0 unspecified atom stereocenters. The molecule has 0 aliphatic carbocycles. The van der Waals surface area contributed by atoms with Gasteiger partial charge in [0.05, 0.1) is 12.2 Å². The van der Waals surface area contributed by atoms with Crippen molar-refractivity contribution in [3.63, 3.8) is 0 Å². The molecule has 0 saturated heterocycles. The zero-order valence-corrected chi connectivity index (χ0v) is 16.4. The van der Waals surface area contributed by atoms with Crippen molar-refractivity contribution in [3.8, 4) is 0 Å². The average molecular weight is 420 g/mol. The van der Waals surface area contributed by atoms with Crippen LogP contribution in [0.4, 0.5) is 19.0 Å². The van der Waals surface area contributed by atoms with E-state index in [-0.39, 0.29) is 24.4 Å². The lowest BCUT2D eigenvalue weighted by molar-refractivity contribution is -0.138. The molecular weight excluding hydrogens is 399 g/mol. The minimum Gasteiger partial charge on any atom is -0.381 e. The first-order chi connectivity index (χ1) is 13.0. The number of hydrogen-bond acceptors (Lipinski definition) is 5. The number of halogens is 4. The van der Waals surface area contributed by atoms with Crippen molar-refractivity contribution in [2.75, 3.05) is 18.6 Å². The van der Waals surface area contributed by atoms with Gasteiger partial charge in [-0.25, -0.2) is 4.98 Å². The molecule has 2 amide bonds. The molecule has 0 bridgehead atoms. The van der Waals surface area contributed by atoms with Crippen molar-refractivity contribution in [3.05, 3.63) is 34.0 Å². The third-order valence-electron chi connectivity index (χ3n) is 4.15. The highest BCUT2D eigenvalue weighted by atomic mass is 35.5. The van der Waals surface area contributed by atoms with Crippen LogP contribution in [0.3, 0.4) is 0 Å². The van der Waals surface area contributed by atoms with Gasteiger partial charge in [0.25, 0.3) is 11.8 Å². The summed E-state index contributed by atoms with van der Waals surface area (Å²) in [5.74, 6) is -0.840. The standard InChI is InChI=1S/C18H21ClF3N3O3/c1-10(2)6-8-28-9-7-12-11(3)16(26)25(17(12)27)24-14-5-4-13(15(19)23-14)18(20,21)22/h4-5,10H,6-9H2,1-3H3,(H,23,24). The summed E-state index contributed by atoms with van der Waals surface area (Å²) in [7, 11) is 0. The molecule has 28 heavy (non-hydrogen) atoms. The van der Waals surface area contributed by atoms with Gasteiger partial charge in [-0.2, -0.15) is 18.2 Å². The van der Waals surface area contributed by atoms with E-state index in [4.69, 9.17) is 16.3 Å². The summed E-state index contributed by atoms with van der Waals surface area (Å²) in [6.07, 6.45) is -3.50. The van der Waals surface area contributed by atoms with E-state index < -0.39 is 28.7 Å². The molecule has 0 spiro atoms. The number of nitrogens with one attached hydrogen (secondary N) is 1. The fourth-order valence-corrected chi connectivity index (χ4v) is 2.76. The number of amides is 2. The molecule has 10 heteroatoms. The fourth-order valence-electron chi connectivity index (χ4n) is 2.50. The van der Waals surface area contributed by atoms with Crippen molar-refractivity contribution in [1.29, 1.82) is 0 Å². The number of ether oxygens (including phenoxy) is 1. The van der Waals surface area contributed by atoms with E-state index in [2.05, 4.69) is 24.3 Å². The van der Waals surface area contributed by atoms with Crippen molar-refractivity contribution in [2.24, 2.45) is 5.92 Å². The van der Waals surface area contributed by atoms with Crippen LogP contribution in [0.15, 0.2) is 23.3 Å². The first kappa shape index (κ1) is 22.2. The summed E-state index contributed by atoms with van der Waals surface area (Å²) in [6, 6.07) is 1.73. The number of hydrogen-bond donors (Lipinski definition) is 1. The van der Waals surface area contributed by atoms with Gasteiger partial charge in [0, 0.05) is 24.2 Å². The van der Waals surface area contributed by atoms with Gasteiger partial charge in [-0.05, 0) is 31.4 Å². The van der Waals surface area contributed by atoms with Crippen molar-refractivity contribution < 1.29 is 27.5 Å². The quantitative estimate of drug-likeness (QED) is 0.388. The summed E-state index contributed by atoms with van der Waals surface area (Å²) in [5, 5.41) is -0.0647. The third kappa shape index (κ3) is 5.23. The maximum Gasteiger partial charge on any atom is 0.419 e. The van der Waals surface area contributed by atoms with E-state index >= 15 is 0 Å². The number of carbonyl (C=O) groups excluding carboxylic acids is 2. The van der Waals surface area contributed by atoms with Crippen LogP contribution >= 0.6 is 11.6 Å². The highest BCUT2D eigenvalue weighted by Crippen LogP contribution is 2.34. The summed E-state index contributed by atoms with van der Waals surface area (Å²) >= 11 is 5.56. The molecule has 0 radical (unpaired) electrons. The molecule has 1 N–H and O–H groups in total.